The predicted octanol–water partition coefficient (Wildman–Crippen LogP) is 6.29. The molecule has 0 unspecified atom stereocenters. The van der Waals surface area contributed by atoms with E-state index in [-0.39, 0.29) is 23.7 Å². The Morgan fingerprint density at radius 2 is 1.79 bits per heavy atom. The van der Waals surface area contributed by atoms with Gasteiger partial charge in [-0.1, -0.05) is 28.1 Å². The second-order valence-corrected chi connectivity index (χ2v) is 8.56. The van der Waals surface area contributed by atoms with Gasteiger partial charge >= 0.3 is 0 Å². The fourth-order valence-electron chi connectivity index (χ4n) is 3.42. The van der Waals surface area contributed by atoms with Crippen molar-refractivity contribution in [3.63, 3.8) is 0 Å². The Balaban J connectivity index is 1.55. The smallest absolute Gasteiger partial charge is 0.262 e. The molecule has 0 radical (unpaired) electrons. The van der Waals surface area contributed by atoms with E-state index in [1.54, 1.807) is 38.1 Å². The number of aryl methyl sites for hydroxylation is 3. The van der Waals surface area contributed by atoms with Crippen LogP contribution < -0.4 is 20.2 Å². The van der Waals surface area contributed by atoms with E-state index in [9.17, 15) is 9.59 Å². The molecule has 4 aromatic rings. The van der Waals surface area contributed by atoms with Gasteiger partial charge in [-0.15, -0.1) is 0 Å². The summed E-state index contributed by atoms with van der Waals surface area (Å²) in [7, 11) is 0. The van der Waals surface area contributed by atoms with Crippen molar-refractivity contribution in [1.82, 2.24) is 0 Å². The monoisotopic (exact) mass is 507 g/mol. The van der Waals surface area contributed by atoms with E-state index in [0.717, 1.165) is 10.0 Å². The molecular weight excluding hydrogens is 486 g/mol. The summed E-state index contributed by atoms with van der Waals surface area (Å²) in [5.74, 6) is 1.20. The van der Waals surface area contributed by atoms with E-state index in [2.05, 4.69) is 21.2 Å². The van der Waals surface area contributed by atoms with Gasteiger partial charge < -0.3 is 19.2 Å². The molecule has 3 aromatic carbocycles. The van der Waals surface area contributed by atoms with Crippen LogP contribution >= 0.6 is 15.9 Å². The number of ether oxygens (including phenoxy) is 2. The molecule has 0 atom stereocenters. The lowest BCUT2D eigenvalue weighted by atomic mass is 10.1. The Kier molecular flexibility index (Phi) is 6.51. The minimum atomic E-state index is -0.282. The maximum atomic E-state index is 13.1. The molecule has 33 heavy (non-hydrogen) atoms. The molecule has 0 saturated carbocycles. The van der Waals surface area contributed by atoms with E-state index >= 15 is 0 Å². The van der Waals surface area contributed by atoms with Gasteiger partial charge in [-0.05, 0) is 74.9 Å². The van der Waals surface area contributed by atoms with Gasteiger partial charge in [0.25, 0.3) is 5.91 Å². The summed E-state index contributed by atoms with van der Waals surface area (Å²) >= 11 is 3.38. The van der Waals surface area contributed by atoms with Crippen molar-refractivity contribution in [3.8, 4) is 17.2 Å². The van der Waals surface area contributed by atoms with Crippen molar-refractivity contribution in [2.75, 3.05) is 11.9 Å². The highest BCUT2D eigenvalue weighted by molar-refractivity contribution is 9.10. The summed E-state index contributed by atoms with van der Waals surface area (Å²) in [5, 5.41) is 3.18. The lowest BCUT2D eigenvalue weighted by Crippen LogP contribution is -2.20. The molecule has 7 heteroatoms. The first-order chi connectivity index (χ1) is 15.8. The molecule has 0 fully saturated rings. The molecular formula is C26H22BrNO5. The topological polar surface area (TPSA) is 77.8 Å². The van der Waals surface area contributed by atoms with Crippen LogP contribution in [0.1, 0.15) is 16.9 Å². The number of carbonyl (C=O) groups is 1. The van der Waals surface area contributed by atoms with E-state index in [1.165, 1.54) is 0 Å². The Bertz CT molecular complexity index is 1390. The highest BCUT2D eigenvalue weighted by Gasteiger charge is 2.18. The quantitative estimate of drug-likeness (QED) is 0.331. The fourth-order valence-corrected chi connectivity index (χ4v) is 3.69. The highest BCUT2D eigenvalue weighted by atomic mass is 79.9. The number of hydrogen-bond acceptors (Lipinski definition) is 5. The molecule has 1 aromatic heterocycles. The van der Waals surface area contributed by atoms with Gasteiger partial charge in [-0.3, -0.25) is 9.59 Å². The molecule has 0 aliphatic carbocycles. The first-order valence-corrected chi connectivity index (χ1v) is 11.1. The van der Waals surface area contributed by atoms with E-state index in [0.29, 0.717) is 39.5 Å². The van der Waals surface area contributed by atoms with Crippen LogP contribution in [0.2, 0.25) is 0 Å². The maximum absolute atomic E-state index is 13.1. The second kappa shape index (κ2) is 9.50. The average Bonchev–Trinajstić information content (AvgIpc) is 2.78. The summed E-state index contributed by atoms with van der Waals surface area (Å²) in [4.78, 5) is 25.4. The molecule has 0 bridgehead atoms. The minimum Gasteiger partial charge on any atom is -0.483 e. The number of anilines is 1. The van der Waals surface area contributed by atoms with Crippen molar-refractivity contribution in [3.05, 3.63) is 92.2 Å². The third-order valence-electron chi connectivity index (χ3n) is 5.08. The molecule has 1 N–H and O–H groups in total. The molecule has 0 saturated heterocycles. The van der Waals surface area contributed by atoms with Gasteiger partial charge in [-0.25, -0.2) is 0 Å². The highest BCUT2D eigenvalue weighted by Crippen LogP contribution is 2.31. The molecule has 4 rings (SSSR count). The normalized spacial score (nSPS) is 10.8. The molecule has 0 aliphatic heterocycles. The van der Waals surface area contributed by atoms with Crippen LogP contribution in [0.15, 0.2) is 74.3 Å². The van der Waals surface area contributed by atoms with E-state index in [4.69, 9.17) is 13.9 Å². The summed E-state index contributed by atoms with van der Waals surface area (Å²) < 4.78 is 18.4. The number of nitrogens with one attached hydrogen (secondary N) is 1. The van der Waals surface area contributed by atoms with E-state index in [1.807, 2.05) is 43.3 Å². The van der Waals surface area contributed by atoms with Crippen molar-refractivity contribution in [1.29, 1.82) is 0 Å². The van der Waals surface area contributed by atoms with Crippen LogP contribution in [-0.4, -0.2) is 12.5 Å². The Hall–Kier alpha value is -3.58. The van der Waals surface area contributed by atoms with Gasteiger partial charge in [0, 0.05) is 15.7 Å². The van der Waals surface area contributed by atoms with Crippen LogP contribution in [0.5, 0.6) is 17.2 Å². The van der Waals surface area contributed by atoms with Crippen LogP contribution in [0.3, 0.4) is 0 Å². The lowest BCUT2D eigenvalue weighted by molar-refractivity contribution is -0.118. The van der Waals surface area contributed by atoms with Gasteiger partial charge in [-0.2, -0.15) is 0 Å². The van der Waals surface area contributed by atoms with Crippen molar-refractivity contribution in [2.24, 2.45) is 0 Å². The van der Waals surface area contributed by atoms with Crippen molar-refractivity contribution < 1.29 is 18.7 Å². The molecule has 1 amide bonds. The summed E-state index contributed by atoms with van der Waals surface area (Å²) in [6.07, 6.45) is 0. The number of benzene rings is 3. The Morgan fingerprint density at radius 1 is 1.03 bits per heavy atom. The zero-order valence-corrected chi connectivity index (χ0v) is 20.0. The Morgan fingerprint density at radius 3 is 2.52 bits per heavy atom. The third kappa shape index (κ3) is 5.09. The van der Waals surface area contributed by atoms with Crippen LogP contribution in [0, 0.1) is 20.8 Å². The minimum absolute atomic E-state index is 0.135. The third-order valence-corrected chi connectivity index (χ3v) is 5.60. The van der Waals surface area contributed by atoms with Gasteiger partial charge in [0.05, 0.1) is 5.39 Å². The standard InChI is InChI=1S/C26H22BrNO5/c1-15-5-4-6-19(13-15)28-23(29)14-31-22-12-11-21-24(30)26(17(3)32-25(21)16(22)2)33-20-9-7-18(27)8-10-20/h4-13H,14H2,1-3H3,(H,28,29). The van der Waals surface area contributed by atoms with Crippen molar-refractivity contribution in [2.45, 2.75) is 20.8 Å². The number of carbonyl (C=O) groups excluding carboxylic acids is 1. The van der Waals surface area contributed by atoms with E-state index < -0.39 is 0 Å². The van der Waals surface area contributed by atoms with Crippen LogP contribution in [0.25, 0.3) is 11.0 Å². The molecule has 0 aliphatic rings. The fraction of sp³-hybridized carbons (Fsp3) is 0.154. The number of amides is 1. The summed E-state index contributed by atoms with van der Waals surface area (Å²) in [6.45, 7) is 5.25. The first-order valence-electron chi connectivity index (χ1n) is 10.3. The average molecular weight is 508 g/mol. The predicted molar refractivity (Wildman–Crippen MR) is 131 cm³/mol. The van der Waals surface area contributed by atoms with Gasteiger partial charge in [0.1, 0.15) is 22.8 Å². The van der Waals surface area contributed by atoms with Crippen LogP contribution in [-0.2, 0) is 4.79 Å². The van der Waals surface area contributed by atoms with Crippen molar-refractivity contribution >= 4 is 38.5 Å². The summed E-state index contributed by atoms with van der Waals surface area (Å²) in [6, 6.07) is 18.0. The number of halogens is 1. The SMILES string of the molecule is Cc1cccc(NC(=O)COc2ccc3c(=O)c(Oc4ccc(Br)cc4)c(C)oc3c2C)c1. The second-order valence-electron chi connectivity index (χ2n) is 7.64. The first kappa shape index (κ1) is 22.6. The zero-order chi connectivity index (χ0) is 23.5. The number of hydrogen-bond donors (Lipinski definition) is 1. The molecule has 6 nitrogen and oxygen atoms in total. The number of fused-ring (bicyclic) bond motifs is 1. The van der Waals surface area contributed by atoms with Crippen LogP contribution in [0.4, 0.5) is 5.69 Å². The maximum Gasteiger partial charge on any atom is 0.262 e. The Labute approximate surface area is 199 Å². The van der Waals surface area contributed by atoms with Gasteiger partial charge in [0.15, 0.2) is 6.61 Å². The number of rotatable bonds is 6. The molecule has 0 spiro atoms. The molecule has 168 valence electrons. The lowest BCUT2D eigenvalue weighted by Gasteiger charge is -2.13. The molecule has 1 heterocycles. The largest absolute Gasteiger partial charge is 0.483 e. The summed E-state index contributed by atoms with van der Waals surface area (Å²) in [5.41, 5.74) is 2.51. The zero-order valence-electron chi connectivity index (χ0n) is 18.4. The van der Waals surface area contributed by atoms with Gasteiger partial charge in [0.2, 0.25) is 11.2 Å².